The van der Waals surface area contributed by atoms with E-state index in [-0.39, 0.29) is 11.3 Å². The van der Waals surface area contributed by atoms with E-state index < -0.39 is 23.4 Å². The zero-order valence-corrected chi connectivity index (χ0v) is 18.8. The van der Waals surface area contributed by atoms with Crippen molar-refractivity contribution < 1.29 is 27.8 Å². The van der Waals surface area contributed by atoms with Crippen LogP contribution in [0.2, 0.25) is 0 Å². The van der Waals surface area contributed by atoms with Crippen LogP contribution in [0, 0.1) is 12.7 Å². The smallest absolute Gasteiger partial charge is 0.420 e. The fourth-order valence-corrected chi connectivity index (χ4v) is 3.88. The first-order chi connectivity index (χ1) is 16.1. The molecule has 10 heteroatoms. The van der Waals surface area contributed by atoms with Crippen molar-refractivity contribution in [3.8, 4) is 16.9 Å². The van der Waals surface area contributed by atoms with Crippen molar-refractivity contribution in [1.82, 2.24) is 4.98 Å². The van der Waals surface area contributed by atoms with Gasteiger partial charge in [0.2, 0.25) is 0 Å². The maximum Gasteiger partial charge on any atom is 0.487 e. The van der Waals surface area contributed by atoms with E-state index in [0.29, 0.717) is 42.1 Å². The summed E-state index contributed by atoms with van der Waals surface area (Å²) < 4.78 is 43.9. The van der Waals surface area contributed by atoms with Crippen LogP contribution >= 0.6 is 11.6 Å². The number of hydrogen-bond donors (Lipinski definition) is 2. The van der Waals surface area contributed by atoms with Gasteiger partial charge in [0.05, 0.1) is 11.7 Å². The number of anilines is 2. The van der Waals surface area contributed by atoms with Crippen LogP contribution in [0.5, 0.6) is 5.75 Å². The molecule has 0 radical (unpaired) electrons. The highest BCUT2D eigenvalue weighted by molar-refractivity contribution is 6.20. The van der Waals surface area contributed by atoms with Crippen molar-refractivity contribution in [3.05, 3.63) is 71.7 Å². The minimum atomic E-state index is -3.84. The lowest BCUT2D eigenvalue weighted by molar-refractivity contribution is -0.0964. The lowest BCUT2D eigenvalue weighted by Crippen LogP contribution is -2.23. The van der Waals surface area contributed by atoms with Gasteiger partial charge in [-0.25, -0.2) is 9.37 Å². The molecule has 34 heavy (non-hydrogen) atoms. The zero-order chi connectivity index (χ0) is 24.5. The number of carbonyl (C=O) groups excluding carboxylic acids is 1. The van der Waals surface area contributed by atoms with Crippen LogP contribution < -0.4 is 15.0 Å². The Morgan fingerprint density at radius 3 is 2.59 bits per heavy atom. The summed E-state index contributed by atoms with van der Waals surface area (Å²) in [4.78, 5) is 19.3. The molecule has 0 spiro atoms. The summed E-state index contributed by atoms with van der Waals surface area (Å²) in [5.74, 6) is -0.536. The van der Waals surface area contributed by atoms with E-state index in [0.717, 1.165) is 5.56 Å². The monoisotopic (exact) mass is 491 g/mol. The Bertz CT molecular complexity index is 1200. The molecule has 4 rings (SSSR count). The van der Waals surface area contributed by atoms with Gasteiger partial charge in [0.15, 0.2) is 0 Å². The van der Waals surface area contributed by atoms with Crippen molar-refractivity contribution in [1.29, 1.82) is 0 Å². The summed E-state index contributed by atoms with van der Waals surface area (Å²) in [7, 11) is 0. The van der Waals surface area contributed by atoms with Crippen molar-refractivity contribution in [3.63, 3.8) is 0 Å². The quantitative estimate of drug-likeness (QED) is 0.464. The SMILES string of the molecule is Cc1ccc(F)cc1-c1cc(C(=O)Nc2ccc(OC(F)(F)Cl)cc2)cnc1N1CCC(O)C1. The molecule has 1 aliphatic heterocycles. The van der Waals surface area contributed by atoms with Gasteiger partial charge in [0, 0.05) is 42.1 Å². The Morgan fingerprint density at radius 1 is 1.21 bits per heavy atom. The Hall–Kier alpha value is -3.30. The summed E-state index contributed by atoms with van der Waals surface area (Å²) in [6.45, 7) is 2.80. The standard InChI is InChI=1S/C24H21ClF3N3O3/c1-14-2-3-16(26)11-20(14)21-10-15(12-29-22(21)31-9-8-18(32)13-31)23(33)30-17-4-6-19(7-5-17)34-24(25,27)28/h2-7,10-12,18,32H,8-9,13H2,1H3,(H,30,33). The molecule has 1 saturated heterocycles. The molecular weight excluding hydrogens is 471 g/mol. The number of nitrogens with zero attached hydrogens (tertiary/aromatic N) is 2. The highest BCUT2D eigenvalue weighted by Crippen LogP contribution is 2.34. The molecule has 0 saturated carbocycles. The number of nitrogens with one attached hydrogen (secondary N) is 1. The first kappa shape index (κ1) is 23.8. The molecule has 3 aromatic rings. The third-order valence-corrected chi connectivity index (χ3v) is 5.50. The summed E-state index contributed by atoms with van der Waals surface area (Å²) in [6.07, 6.45) is 1.50. The number of amides is 1. The van der Waals surface area contributed by atoms with E-state index in [1.54, 1.807) is 12.1 Å². The van der Waals surface area contributed by atoms with E-state index in [4.69, 9.17) is 11.6 Å². The molecular formula is C24H21ClF3N3O3. The Balaban J connectivity index is 1.63. The number of β-amino-alcohol motifs (C(OH)–C–C–N with tert-alkyl or cyclic N) is 1. The van der Waals surface area contributed by atoms with E-state index >= 15 is 0 Å². The molecule has 2 heterocycles. The predicted molar refractivity (Wildman–Crippen MR) is 123 cm³/mol. The number of pyridine rings is 1. The number of aryl methyl sites for hydroxylation is 1. The van der Waals surface area contributed by atoms with Gasteiger partial charge in [-0.05, 0) is 66.9 Å². The number of hydrogen-bond acceptors (Lipinski definition) is 5. The van der Waals surface area contributed by atoms with Crippen molar-refractivity contribution in [2.45, 2.75) is 25.0 Å². The first-order valence-electron chi connectivity index (χ1n) is 10.5. The molecule has 6 nitrogen and oxygen atoms in total. The number of halogens is 4. The highest BCUT2D eigenvalue weighted by Gasteiger charge is 2.28. The van der Waals surface area contributed by atoms with Crippen LogP contribution in [0.4, 0.5) is 24.7 Å². The molecule has 1 amide bonds. The second-order valence-corrected chi connectivity index (χ2v) is 8.41. The van der Waals surface area contributed by atoms with Gasteiger partial charge in [-0.3, -0.25) is 4.79 Å². The van der Waals surface area contributed by atoms with Gasteiger partial charge >= 0.3 is 5.57 Å². The van der Waals surface area contributed by atoms with Gasteiger partial charge in [0.25, 0.3) is 5.91 Å². The zero-order valence-electron chi connectivity index (χ0n) is 18.1. The molecule has 0 aliphatic carbocycles. The van der Waals surface area contributed by atoms with Crippen molar-refractivity contribution in [2.24, 2.45) is 0 Å². The number of aromatic nitrogens is 1. The number of aliphatic hydroxyl groups is 1. The average Bonchev–Trinajstić information content (AvgIpc) is 3.21. The summed E-state index contributed by atoms with van der Waals surface area (Å²) in [5.41, 5.74) is -1.34. The number of aliphatic hydroxyl groups excluding tert-OH is 1. The Kier molecular flexibility index (Phi) is 6.67. The number of alkyl halides is 3. The average molecular weight is 492 g/mol. The van der Waals surface area contributed by atoms with Crippen LogP contribution in [0.1, 0.15) is 22.3 Å². The number of ether oxygens (including phenoxy) is 1. The highest BCUT2D eigenvalue weighted by atomic mass is 35.5. The van der Waals surface area contributed by atoms with Crippen LogP contribution in [-0.2, 0) is 0 Å². The van der Waals surface area contributed by atoms with Gasteiger partial charge in [-0.2, -0.15) is 0 Å². The molecule has 1 fully saturated rings. The number of carbonyl (C=O) groups is 1. The predicted octanol–water partition coefficient (Wildman–Crippen LogP) is 5.19. The summed E-state index contributed by atoms with van der Waals surface area (Å²) in [6, 6.07) is 11.3. The van der Waals surface area contributed by atoms with Crippen molar-refractivity contribution in [2.75, 3.05) is 23.3 Å². The fraction of sp³-hybridized carbons (Fsp3) is 0.250. The third kappa shape index (κ3) is 5.60. The lowest BCUT2D eigenvalue weighted by atomic mass is 9.99. The van der Waals surface area contributed by atoms with Crippen LogP contribution in [0.25, 0.3) is 11.1 Å². The molecule has 1 aromatic heterocycles. The van der Waals surface area contributed by atoms with Gasteiger partial charge < -0.3 is 20.1 Å². The van der Waals surface area contributed by atoms with E-state index in [1.807, 2.05) is 11.8 Å². The molecule has 1 atom stereocenters. The lowest BCUT2D eigenvalue weighted by Gasteiger charge is -2.22. The van der Waals surface area contributed by atoms with Crippen LogP contribution in [0.15, 0.2) is 54.7 Å². The molecule has 2 aromatic carbocycles. The minimum absolute atomic E-state index is 0.166. The van der Waals surface area contributed by atoms with Gasteiger partial charge in [0.1, 0.15) is 17.4 Å². The van der Waals surface area contributed by atoms with E-state index in [2.05, 4.69) is 15.0 Å². The normalized spacial score (nSPS) is 15.9. The summed E-state index contributed by atoms with van der Waals surface area (Å²) >= 11 is 4.75. The van der Waals surface area contributed by atoms with Gasteiger partial charge in [-0.15, -0.1) is 8.78 Å². The molecule has 1 unspecified atom stereocenters. The minimum Gasteiger partial charge on any atom is -0.420 e. The Morgan fingerprint density at radius 2 is 1.94 bits per heavy atom. The molecule has 1 aliphatic rings. The maximum atomic E-state index is 14.1. The molecule has 0 bridgehead atoms. The second kappa shape index (κ2) is 9.52. The van der Waals surface area contributed by atoms with Crippen LogP contribution in [0.3, 0.4) is 0 Å². The fourth-order valence-electron chi connectivity index (χ4n) is 3.79. The van der Waals surface area contributed by atoms with E-state index in [1.165, 1.54) is 42.6 Å². The van der Waals surface area contributed by atoms with E-state index in [9.17, 15) is 23.1 Å². The third-order valence-electron chi connectivity index (χ3n) is 5.43. The second-order valence-electron chi connectivity index (χ2n) is 7.97. The number of benzene rings is 2. The largest absolute Gasteiger partial charge is 0.487 e. The van der Waals surface area contributed by atoms with Gasteiger partial charge in [-0.1, -0.05) is 6.07 Å². The molecule has 178 valence electrons. The first-order valence-corrected chi connectivity index (χ1v) is 10.8. The summed E-state index contributed by atoms with van der Waals surface area (Å²) in [5, 5.41) is 12.6. The van der Waals surface area contributed by atoms with Crippen molar-refractivity contribution >= 4 is 29.0 Å². The Labute approximate surface area is 198 Å². The van der Waals surface area contributed by atoms with Crippen LogP contribution in [-0.4, -0.2) is 40.8 Å². The topological polar surface area (TPSA) is 74.7 Å². The number of rotatable bonds is 6. The molecule has 2 N–H and O–H groups in total. The maximum absolute atomic E-state index is 14.1.